The molecule has 0 aliphatic carbocycles. The summed E-state index contributed by atoms with van der Waals surface area (Å²) in [5.74, 6) is 2.05. The molecule has 1 aliphatic rings. The molecule has 3 N–H and O–H groups in total. The maximum Gasteiger partial charge on any atom is 0.234 e. The molecule has 1 saturated heterocycles. The van der Waals surface area contributed by atoms with Crippen molar-refractivity contribution in [3.05, 3.63) is 84.6 Å². The molecule has 10 heteroatoms. The van der Waals surface area contributed by atoms with E-state index in [1.54, 1.807) is 18.6 Å². The van der Waals surface area contributed by atoms with Crippen LogP contribution in [0.3, 0.4) is 0 Å². The minimum atomic E-state index is 0.186. The molecule has 5 aromatic rings. The molecule has 40 heavy (non-hydrogen) atoms. The zero-order valence-electron chi connectivity index (χ0n) is 22.7. The minimum absolute atomic E-state index is 0.186. The lowest BCUT2D eigenvalue weighted by Crippen LogP contribution is -2.38. The lowest BCUT2D eigenvalue weighted by atomic mass is 10.0. The number of likely N-dealkylation sites (tertiary alicyclic amines) is 1. The Balaban J connectivity index is 0.00000158. The van der Waals surface area contributed by atoms with Crippen LogP contribution < -0.4 is 11.1 Å². The van der Waals surface area contributed by atoms with E-state index in [2.05, 4.69) is 54.4 Å². The van der Waals surface area contributed by atoms with E-state index < -0.39 is 0 Å². The molecule has 4 aromatic heterocycles. The number of nitrogens with two attached hydrogens (primary N) is 1. The van der Waals surface area contributed by atoms with Crippen molar-refractivity contribution in [2.45, 2.75) is 39.3 Å². The molecule has 0 bridgehead atoms. The third-order valence-electron chi connectivity index (χ3n) is 6.79. The number of pyridine rings is 2. The number of anilines is 2. The Bertz CT molecular complexity index is 1610. The maximum absolute atomic E-state index is 9.01. The molecule has 5 heterocycles. The molecule has 0 amide bonds. The molecule has 0 spiro atoms. The van der Waals surface area contributed by atoms with Gasteiger partial charge in [-0.15, -0.1) is 0 Å². The Hall–Kier alpha value is -4.88. The number of nitriles is 1. The van der Waals surface area contributed by atoms with Gasteiger partial charge in [-0.3, -0.25) is 9.47 Å². The van der Waals surface area contributed by atoms with Crippen LogP contribution >= 0.6 is 0 Å². The van der Waals surface area contributed by atoms with Crippen LogP contribution in [0, 0.1) is 11.3 Å². The van der Waals surface area contributed by atoms with Gasteiger partial charge in [-0.05, 0) is 60.9 Å². The van der Waals surface area contributed by atoms with E-state index in [1.807, 2.05) is 54.8 Å². The topological polar surface area (TPSA) is 134 Å². The molecular weight excluding hydrogens is 500 g/mol. The maximum atomic E-state index is 9.01. The lowest BCUT2D eigenvalue weighted by molar-refractivity contribution is 0.211. The van der Waals surface area contributed by atoms with Crippen LogP contribution in [-0.4, -0.2) is 53.5 Å². The van der Waals surface area contributed by atoms with Crippen LogP contribution in [0.4, 0.5) is 11.6 Å². The van der Waals surface area contributed by atoms with E-state index >= 15 is 0 Å². The molecule has 0 saturated carbocycles. The molecule has 1 aromatic carbocycles. The molecular formula is C30H32N10. The first-order valence-corrected chi connectivity index (χ1v) is 13.5. The van der Waals surface area contributed by atoms with Gasteiger partial charge in [-0.1, -0.05) is 26.0 Å². The van der Waals surface area contributed by atoms with Crippen LogP contribution in [0.1, 0.15) is 38.1 Å². The highest BCUT2D eigenvalue weighted by Gasteiger charge is 2.21. The number of piperidine rings is 1. The standard InChI is InChI=1S/C28H26N10.C2H6/c29-17-25-31-14-9-24(36-25)34-20-10-15-37(16-11-20)18-19-5-7-21(8-6-19)38-27(22-3-1-12-32-26(22)30)35-23-4-2-13-33-28(23)38;1-2/h1-9,12-14,20H,10-11,15-16,18H2,(H2,30,32)(H,31,34,36);1-2H3. The van der Waals surface area contributed by atoms with Gasteiger partial charge < -0.3 is 11.1 Å². The van der Waals surface area contributed by atoms with Gasteiger partial charge in [0.2, 0.25) is 5.82 Å². The van der Waals surface area contributed by atoms with E-state index in [0.717, 1.165) is 60.7 Å². The summed E-state index contributed by atoms with van der Waals surface area (Å²) < 4.78 is 2.04. The second-order valence-corrected chi connectivity index (χ2v) is 9.29. The van der Waals surface area contributed by atoms with Gasteiger partial charge >= 0.3 is 0 Å². The van der Waals surface area contributed by atoms with Crippen LogP contribution in [0.2, 0.25) is 0 Å². The minimum Gasteiger partial charge on any atom is -0.383 e. The molecule has 6 rings (SSSR count). The van der Waals surface area contributed by atoms with Gasteiger partial charge in [-0.25, -0.2) is 24.9 Å². The van der Waals surface area contributed by atoms with Gasteiger partial charge in [0.15, 0.2) is 11.5 Å². The van der Waals surface area contributed by atoms with Crippen LogP contribution in [-0.2, 0) is 6.54 Å². The Kier molecular flexibility index (Phi) is 8.23. The zero-order chi connectivity index (χ0) is 27.9. The zero-order valence-corrected chi connectivity index (χ0v) is 22.7. The van der Waals surface area contributed by atoms with E-state index in [1.165, 1.54) is 5.56 Å². The van der Waals surface area contributed by atoms with Crippen molar-refractivity contribution in [2.24, 2.45) is 0 Å². The predicted octanol–water partition coefficient (Wildman–Crippen LogP) is 4.83. The summed E-state index contributed by atoms with van der Waals surface area (Å²) in [6.07, 6.45) is 7.08. The van der Waals surface area contributed by atoms with Gasteiger partial charge in [-0.2, -0.15) is 5.26 Å². The van der Waals surface area contributed by atoms with Gasteiger partial charge in [0.05, 0.1) is 5.56 Å². The molecule has 1 fully saturated rings. The molecule has 202 valence electrons. The Morgan fingerprint density at radius 1 is 0.925 bits per heavy atom. The van der Waals surface area contributed by atoms with E-state index in [0.29, 0.717) is 17.7 Å². The number of hydrogen-bond donors (Lipinski definition) is 2. The van der Waals surface area contributed by atoms with Crippen molar-refractivity contribution in [3.63, 3.8) is 0 Å². The number of fused-ring (bicyclic) bond motifs is 1. The fourth-order valence-corrected chi connectivity index (χ4v) is 4.89. The van der Waals surface area contributed by atoms with Crippen molar-refractivity contribution in [2.75, 3.05) is 24.1 Å². The summed E-state index contributed by atoms with van der Waals surface area (Å²) in [7, 11) is 0. The number of nitrogens with zero attached hydrogens (tertiary/aromatic N) is 8. The van der Waals surface area contributed by atoms with Crippen molar-refractivity contribution in [1.82, 2.24) is 34.4 Å². The third-order valence-corrected chi connectivity index (χ3v) is 6.79. The summed E-state index contributed by atoms with van der Waals surface area (Å²) in [5, 5.41) is 12.5. The fraction of sp³-hybridized carbons (Fsp3) is 0.267. The molecule has 1 aliphatic heterocycles. The van der Waals surface area contributed by atoms with E-state index in [4.69, 9.17) is 16.0 Å². The molecule has 0 radical (unpaired) electrons. The number of hydrogen-bond acceptors (Lipinski definition) is 9. The smallest absolute Gasteiger partial charge is 0.234 e. The Morgan fingerprint density at radius 2 is 1.68 bits per heavy atom. The van der Waals surface area contributed by atoms with Crippen LogP contribution in [0.15, 0.2) is 73.2 Å². The van der Waals surface area contributed by atoms with E-state index in [9.17, 15) is 0 Å². The third kappa shape index (κ3) is 5.75. The monoisotopic (exact) mass is 532 g/mol. The normalized spacial score (nSPS) is 13.8. The largest absolute Gasteiger partial charge is 0.383 e. The summed E-state index contributed by atoms with van der Waals surface area (Å²) in [6.45, 7) is 6.84. The second kappa shape index (κ2) is 12.3. The Labute approximate surface area is 233 Å². The number of aromatic nitrogens is 6. The quantitative estimate of drug-likeness (QED) is 0.315. The molecule has 10 nitrogen and oxygen atoms in total. The highest BCUT2D eigenvalue weighted by atomic mass is 15.2. The number of nitrogens with one attached hydrogen (secondary N) is 1. The SMILES string of the molecule is CC.N#Cc1nccc(NC2CCN(Cc3ccc(-n4c(-c5cccnc5N)nc5cccnc54)cc3)CC2)n1. The number of imidazole rings is 1. The second-order valence-electron chi connectivity index (χ2n) is 9.29. The van der Waals surface area contributed by atoms with Crippen molar-refractivity contribution >= 4 is 22.8 Å². The number of benzene rings is 1. The Morgan fingerprint density at radius 3 is 2.42 bits per heavy atom. The van der Waals surface area contributed by atoms with Gasteiger partial charge in [0.25, 0.3) is 0 Å². The first kappa shape index (κ1) is 26.7. The van der Waals surface area contributed by atoms with Crippen molar-refractivity contribution < 1.29 is 0 Å². The summed E-state index contributed by atoms with van der Waals surface area (Å²) in [6, 6.07) is 20.3. The van der Waals surface area contributed by atoms with Crippen LogP contribution in [0.25, 0.3) is 28.2 Å². The molecule has 0 atom stereocenters. The fourth-order valence-electron chi connectivity index (χ4n) is 4.89. The number of rotatable bonds is 6. The van der Waals surface area contributed by atoms with Crippen molar-refractivity contribution in [1.29, 1.82) is 5.26 Å². The van der Waals surface area contributed by atoms with E-state index in [-0.39, 0.29) is 5.82 Å². The average Bonchev–Trinajstić information content (AvgIpc) is 3.39. The average molecular weight is 533 g/mol. The summed E-state index contributed by atoms with van der Waals surface area (Å²) in [5.41, 5.74) is 10.8. The highest BCUT2D eigenvalue weighted by molar-refractivity contribution is 5.82. The lowest BCUT2D eigenvalue weighted by Gasteiger charge is -2.32. The summed E-state index contributed by atoms with van der Waals surface area (Å²) in [4.78, 5) is 24.3. The number of nitrogen functional groups attached to an aromatic ring is 1. The van der Waals surface area contributed by atoms with Crippen LogP contribution in [0.5, 0.6) is 0 Å². The highest BCUT2D eigenvalue weighted by Crippen LogP contribution is 2.30. The van der Waals surface area contributed by atoms with Gasteiger partial charge in [0, 0.05) is 50.0 Å². The summed E-state index contributed by atoms with van der Waals surface area (Å²) >= 11 is 0. The van der Waals surface area contributed by atoms with Gasteiger partial charge in [0.1, 0.15) is 23.2 Å². The van der Waals surface area contributed by atoms with Crippen molar-refractivity contribution in [3.8, 4) is 23.1 Å². The first-order chi connectivity index (χ1) is 19.7. The predicted molar refractivity (Wildman–Crippen MR) is 157 cm³/mol. The molecule has 0 unspecified atom stereocenters. The first-order valence-electron chi connectivity index (χ1n) is 13.5.